The largest absolute Gasteiger partial charge is 0.311 e. The zero-order valence-electron chi connectivity index (χ0n) is 15.6. The van der Waals surface area contributed by atoms with Gasteiger partial charge in [0.05, 0.1) is 23.5 Å². The van der Waals surface area contributed by atoms with Crippen LogP contribution in [-0.2, 0) is 0 Å². The number of fused-ring (bicyclic) bond motifs is 4. The van der Waals surface area contributed by atoms with E-state index in [1.807, 2.05) is 24.6 Å². The molecule has 1 aliphatic heterocycles. The normalized spacial score (nSPS) is 32.8. The van der Waals surface area contributed by atoms with Crippen molar-refractivity contribution >= 4 is 12.4 Å². The number of aromatic nitrogens is 1. The molecule has 5 nitrogen and oxygen atoms in total. The fourth-order valence-corrected chi connectivity index (χ4v) is 4.53. The van der Waals surface area contributed by atoms with Gasteiger partial charge in [0, 0.05) is 37.6 Å². The zero-order chi connectivity index (χ0) is 17.6. The van der Waals surface area contributed by atoms with Crippen molar-refractivity contribution in [1.82, 2.24) is 15.6 Å². The predicted molar refractivity (Wildman–Crippen MR) is 108 cm³/mol. The monoisotopic (exact) mass is 353 g/mol. The van der Waals surface area contributed by atoms with Gasteiger partial charge in [-0.15, -0.1) is 0 Å². The highest BCUT2D eigenvalue weighted by Crippen LogP contribution is 2.22. The summed E-state index contributed by atoms with van der Waals surface area (Å²) in [6.07, 6.45) is 13.9. The maximum atomic E-state index is 4.89. The van der Waals surface area contributed by atoms with Gasteiger partial charge in [-0.2, -0.15) is 0 Å². The maximum Gasteiger partial charge on any atom is 0.0815 e. The Kier molecular flexibility index (Phi) is 6.07. The molecule has 0 spiro atoms. The fourth-order valence-electron chi connectivity index (χ4n) is 4.53. The van der Waals surface area contributed by atoms with E-state index in [4.69, 9.17) is 15.0 Å². The Labute approximate surface area is 156 Å². The van der Waals surface area contributed by atoms with Crippen LogP contribution in [0.2, 0.25) is 0 Å². The SMILES string of the molecule is C1=N[C@@H]2CCCC[C@H]2NCCN[C@@H]2CCCC[C@H]2N=Cc2cccc1n2. The molecule has 0 radical (unpaired) electrons. The summed E-state index contributed by atoms with van der Waals surface area (Å²) < 4.78 is 0. The molecule has 2 N–H and O–H groups in total. The molecule has 5 heteroatoms. The molecule has 4 rings (SSSR count). The Morgan fingerprint density at radius 2 is 1.19 bits per heavy atom. The van der Waals surface area contributed by atoms with E-state index in [-0.39, 0.29) is 0 Å². The third-order valence-electron chi connectivity index (χ3n) is 5.99. The summed E-state index contributed by atoms with van der Waals surface area (Å²) in [7, 11) is 0. The lowest BCUT2D eigenvalue weighted by molar-refractivity contribution is 0.308. The minimum absolute atomic E-state index is 0.371. The van der Waals surface area contributed by atoms with Crippen LogP contribution in [0.1, 0.15) is 62.8 Å². The van der Waals surface area contributed by atoms with Crippen molar-refractivity contribution in [3.05, 3.63) is 29.6 Å². The summed E-state index contributed by atoms with van der Waals surface area (Å²) in [5, 5.41) is 7.52. The summed E-state index contributed by atoms with van der Waals surface area (Å²) in [4.78, 5) is 14.5. The number of rotatable bonds is 0. The molecule has 2 fully saturated rings. The Hall–Kier alpha value is -1.59. The summed E-state index contributed by atoms with van der Waals surface area (Å²) in [5.74, 6) is 0. The first-order valence-electron chi connectivity index (χ1n) is 10.4. The highest BCUT2D eigenvalue weighted by molar-refractivity contribution is 5.81. The molecule has 4 atom stereocenters. The maximum absolute atomic E-state index is 4.89. The van der Waals surface area contributed by atoms with Gasteiger partial charge >= 0.3 is 0 Å². The molecule has 1 aromatic rings. The van der Waals surface area contributed by atoms with E-state index in [0.29, 0.717) is 24.2 Å². The minimum atomic E-state index is 0.371. The first kappa shape index (κ1) is 17.8. The van der Waals surface area contributed by atoms with Gasteiger partial charge in [0.15, 0.2) is 0 Å². The van der Waals surface area contributed by atoms with Crippen molar-refractivity contribution in [2.24, 2.45) is 9.98 Å². The van der Waals surface area contributed by atoms with Crippen LogP contribution in [-0.4, -0.2) is 54.7 Å². The lowest BCUT2D eigenvalue weighted by Gasteiger charge is -2.31. The van der Waals surface area contributed by atoms with Crippen LogP contribution in [0.15, 0.2) is 28.2 Å². The predicted octanol–water partition coefficient (Wildman–Crippen LogP) is 2.73. The number of hydrogen-bond donors (Lipinski definition) is 2. The van der Waals surface area contributed by atoms with Gasteiger partial charge in [-0.25, -0.2) is 4.98 Å². The Morgan fingerprint density at radius 3 is 1.73 bits per heavy atom. The highest BCUT2D eigenvalue weighted by Gasteiger charge is 2.25. The smallest absolute Gasteiger partial charge is 0.0815 e. The molecule has 0 saturated heterocycles. The minimum Gasteiger partial charge on any atom is -0.311 e. The van der Waals surface area contributed by atoms with Gasteiger partial charge in [-0.05, 0) is 37.8 Å². The van der Waals surface area contributed by atoms with Crippen LogP contribution in [0.25, 0.3) is 0 Å². The number of aliphatic imine (C=N–C) groups is 2. The van der Waals surface area contributed by atoms with Crippen molar-refractivity contribution in [2.75, 3.05) is 13.1 Å². The van der Waals surface area contributed by atoms with Crippen molar-refractivity contribution in [1.29, 1.82) is 0 Å². The van der Waals surface area contributed by atoms with E-state index in [2.05, 4.69) is 16.7 Å². The molecule has 26 heavy (non-hydrogen) atoms. The second-order valence-electron chi connectivity index (χ2n) is 7.87. The Balaban J connectivity index is 1.57. The first-order chi connectivity index (χ1) is 12.9. The van der Waals surface area contributed by atoms with Crippen molar-refractivity contribution < 1.29 is 0 Å². The second kappa shape index (κ2) is 8.87. The molecule has 0 unspecified atom stereocenters. The fraction of sp³-hybridized carbons (Fsp3) is 0.667. The first-order valence-corrected chi connectivity index (χ1v) is 10.4. The number of pyridine rings is 1. The molecule has 2 heterocycles. The second-order valence-corrected chi connectivity index (χ2v) is 7.87. The molecular weight excluding hydrogens is 322 g/mol. The average molecular weight is 354 g/mol. The third-order valence-corrected chi connectivity index (χ3v) is 5.99. The Bertz CT molecular complexity index is 590. The van der Waals surface area contributed by atoms with Crippen molar-refractivity contribution in [3.63, 3.8) is 0 Å². The van der Waals surface area contributed by atoms with Gasteiger partial charge in [0.1, 0.15) is 0 Å². The number of hydrogen-bond acceptors (Lipinski definition) is 5. The third kappa shape index (κ3) is 4.57. The quantitative estimate of drug-likeness (QED) is 0.754. The van der Waals surface area contributed by atoms with Crippen LogP contribution < -0.4 is 10.6 Å². The van der Waals surface area contributed by atoms with E-state index in [9.17, 15) is 0 Å². The average Bonchev–Trinajstić information content (AvgIpc) is 2.69. The van der Waals surface area contributed by atoms with Crippen LogP contribution in [0.5, 0.6) is 0 Å². The van der Waals surface area contributed by atoms with E-state index < -0.39 is 0 Å². The van der Waals surface area contributed by atoms with Gasteiger partial charge in [-0.1, -0.05) is 31.7 Å². The van der Waals surface area contributed by atoms with E-state index in [1.54, 1.807) is 0 Å². The molecule has 2 bridgehead atoms. The van der Waals surface area contributed by atoms with Crippen LogP contribution >= 0.6 is 0 Å². The van der Waals surface area contributed by atoms with Crippen molar-refractivity contribution in [2.45, 2.75) is 75.5 Å². The number of nitrogens with zero attached hydrogens (tertiary/aromatic N) is 3. The highest BCUT2D eigenvalue weighted by atomic mass is 15.0. The molecule has 2 aliphatic carbocycles. The van der Waals surface area contributed by atoms with E-state index in [1.165, 1.54) is 51.4 Å². The van der Waals surface area contributed by atoms with E-state index in [0.717, 1.165) is 24.5 Å². The standard InChI is InChI=1S/C21H31N5/c1-3-10-20-18(8-1)22-12-13-23-19-9-2-4-11-21(19)25-15-17-7-5-6-16(26-17)14-24-20/h5-7,14-15,18-23H,1-4,8-13H2/t18-,19-,20-,21-/m1/s1. The number of nitrogens with one attached hydrogen (secondary N) is 2. The van der Waals surface area contributed by atoms with Crippen LogP contribution in [0.3, 0.4) is 0 Å². The zero-order valence-corrected chi connectivity index (χ0v) is 15.6. The van der Waals surface area contributed by atoms with Gasteiger partial charge in [0.25, 0.3) is 0 Å². The lowest BCUT2D eigenvalue weighted by atomic mass is 9.90. The molecule has 2 saturated carbocycles. The van der Waals surface area contributed by atoms with Crippen LogP contribution in [0.4, 0.5) is 0 Å². The molecule has 1 aromatic heterocycles. The summed E-state index contributed by atoms with van der Waals surface area (Å²) in [6, 6.07) is 7.86. The van der Waals surface area contributed by atoms with Gasteiger partial charge in [0.2, 0.25) is 0 Å². The van der Waals surface area contributed by atoms with Crippen molar-refractivity contribution in [3.8, 4) is 0 Å². The topological polar surface area (TPSA) is 61.7 Å². The van der Waals surface area contributed by atoms with Gasteiger partial charge in [-0.3, -0.25) is 9.98 Å². The molecule has 140 valence electrons. The van der Waals surface area contributed by atoms with Gasteiger partial charge < -0.3 is 10.6 Å². The summed E-state index contributed by atoms with van der Waals surface area (Å²) >= 11 is 0. The Morgan fingerprint density at radius 1 is 0.692 bits per heavy atom. The van der Waals surface area contributed by atoms with E-state index >= 15 is 0 Å². The molecular formula is C21H31N5. The molecule has 0 aromatic carbocycles. The summed E-state index contributed by atoms with van der Waals surface area (Å²) in [5.41, 5.74) is 1.87. The van der Waals surface area contributed by atoms with Crippen LogP contribution in [0, 0.1) is 0 Å². The summed E-state index contributed by atoms with van der Waals surface area (Å²) in [6.45, 7) is 2.02. The molecule has 0 amide bonds. The molecule has 3 aliphatic rings. The lowest BCUT2D eigenvalue weighted by Crippen LogP contribution is -2.47.